The molecule has 1 heterocycles. The molecule has 0 radical (unpaired) electrons. The first-order chi connectivity index (χ1) is 8.79. The van der Waals surface area contributed by atoms with Gasteiger partial charge in [0.25, 0.3) is 0 Å². The number of hydrogen-bond donors (Lipinski definition) is 1. The lowest BCUT2D eigenvalue weighted by atomic mass is 9.82. The zero-order chi connectivity index (χ0) is 12.4. The molecule has 0 amide bonds. The fraction of sp³-hybridized carbons (Fsp3) is 0.400. The smallest absolute Gasteiger partial charge is 0.0728 e. The molecule has 0 saturated heterocycles. The fourth-order valence-corrected chi connectivity index (χ4v) is 2.55. The molecule has 1 N–H and O–H groups in total. The van der Waals surface area contributed by atoms with Crippen LogP contribution in [-0.4, -0.2) is 15.8 Å². The van der Waals surface area contributed by atoms with Crippen LogP contribution in [0.5, 0.6) is 0 Å². The van der Waals surface area contributed by atoms with Crippen molar-refractivity contribution in [2.24, 2.45) is 5.92 Å². The topological polar surface area (TPSA) is 29.9 Å². The van der Waals surface area contributed by atoms with E-state index in [0.29, 0.717) is 6.04 Å². The van der Waals surface area contributed by atoms with Crippen LogP contribution in [0, 0.1) is 5.92 Å². The molecule has 18 heavy (non-hydrogen) atoms. The summed E-state index contributed by atoms with van der Waals surface area (Å²) in [5, 5.41) is 7.93. The van der Waals surface area contributed by atoms with Crippen LogP contribution in [0.15, 0.2) is 42.7 Å². The van der Waals surface area contributed by atoms with Crippen LogP contribution in [0.1, 0.15) is 25.3 Å². The summed E-state index contributed by atoms with van der Waals surface area (Å²) in [5.41, 5.74) is 2.42. The molecule has 0 aliphatic heterocycles. The molecule has 0 unspecified atom stereocenters. The summed E-state index contributed by atoms with van der Waals surface area (Å²) in [7, 11) is 0. The van der Waals surface area contributed by atoms with Crippen molar-refractivity contribution < 1.29 is 0 Å². The standard InChI is InChI=1S/C15H19N3/c1-12-7-14(8-12)17-15-9-16-18(11-15)10-13-5-3-2-4-6-13/h2-6,9,11-12,14,17H,7-8,10H2,1H3. The third-order valence-corrected chi connectivity index (χ3v) is 3.57. The first kappa shape index (κ1) is 11.3. The predicted octanol–water partition coefficient (Wildman–Crippen LogP) is 3.14. The zero-order valence-corrected chi connectivity index (χ0v) is 10.7. The zero-order valence-electron chi connectivity index (χ0n) is 10.7. The van der Waals surface area contributed by atoms with Crippen molar-refractivity contribution in [1.82, 2.24) is 9.78 Å². The Kier molecular flexibility index (Phi) is 3.05. The Hall–Kier alpha value is -1.77. The van der Waals surface area contributed by atoms with Crippen molar-refractivity contribution in [1.29, 1.82) is 0 Å². The van der Waals surface area contributed by atoms with Gasteiger partial charge in [0.1, 0.15) is 0 Å². The number of aromatic nitrogens is 2. The van der Waals surface area contributed by atoms with Gasteiger partial charge < -0.3 is 5.32 Å². The maximum atomic E-state index is 4.40. The third-order valence-electron chi connectivity index (χ3n) is 3.57. The molecule has 3 nitrogen and oxygen atoms in total. The van der Waals surface area contributed by atoms with Gasteiger partial charge in [-0.05, 0) is 24.3 Å². The minimum atomic E-state index is 0.648. The summed E-state index contributed by atoms with van der Waals surface area (Å²) < 4.78 is 1.99. The summed E-state index contributed by atoms with van der Waals surface area (Å²) in [4.78, 5) is 0. The molecule has 1 fully saturated rings. The van der Waals surface area contributed by atoms with E-state index in [2.05, 4.69) is 47.8 Å². The van der Waals surface area contributed by atoms with Gasteiger partial charge in [-0.2, -0.15) is 5.10 Å². The van der Waals surface area contributed by atoms with Crippen molar-refractivity contribution in [3.63, 3.8) is 0 Å². The highest BCUT2D eigenvalue weighted by molar-refractivity contribution is 5.40. The number of anilines is 1. The van der Waals surface area contributed by atoms with Crippen LogP contribution in [0.25, 0.3) is 0 Å². The summed E-state index contributed by atoms with van der Waals surface area (Å²) in [6.45, 7) is 3.14. The van der Waals surface area contributed by atoms with Gasteiger partial charge in [-0.1, -0.05) is 37.3 Å². The molecule has 94 valence electrons. The largest absolute Gasteiger partial charge is 0.380 e. The van der Waals surface area contributed by atoms with E-state index < -0.39 is 0 Å². The predicted molar refractivity (Wildman–Crippen MR) is 73.6 cm³/mol. The van der Waals surface area contributed by atoms with Crippen LogP contribution in [0.2, 0.25) is 0 Å². The van der Waals surface area contributed by atoms with Crippen molar-refractivity contribution in [3.05, 3.63) is 48.3 Å². The van der Waals surface area contributed by atoms with Gasteiger partial charge in [0.2, 0.25) is 0 Å². The van der Waals surface area contributed by atoms with Gasteiger partial charge in [-0.3, -0.25) is 4.68 Å². The Morgan fingerprint density at radius 2 is 2.06 bits per heavy atom. The number of hydrogen-bond acceptors (Lipinski definition) is 2. The number of benzene rings is 1. The lowest BCUT2D eigenvalue weighted by Gasteiger charge is -2.33. The second-order valence-corrected chi connectivity index (χ2v) is 5.33. The number of nitrogens with one attached hydrogen (secondary N) is 1. The molecule has 1 aromatic heterocycles. The Balaban J connectivity index is 1.59. The van der Waals surface area contributed by atoms with E-state index in [1.54, 1.807) is 0 Å². The molecule has 3 heteroatoms. The van der Waals surface area contributed by atoms with E-state index in [1.807, 2.05) is 16.9 Å². The number of rotatable bonds is 4. The quantitative estimate of drug-likeness (QED) is 0.891. The Morgan fingerprint density at radius 1 is 1.28 bits per heavy atom. The van der Waals surface area contributed by atoms with Crippen molar-refractivity contribution in [2.45, 2.75) is 32.4 Å². The van der Waals surface area contributed by atoms with Crippen LogP contribution >= 0.6 is 0 Å². The van der Waals surface area contributed by atoms with Crippen molar-refractivity contribution in [2.75, 3.05) is 5.32 Å². The van der Waals surface area contributed by atoms with E-state index in [1.165, 1.54) is 18.4 Å². The highest BCUT2D eigenvalue weighted by atomic mass is 15.3. The van der Waals surface area contributed by atoms with Crippen LogP contribution < -0.4 is 5.32 Å². The first-order valence-corrected chi connectivity index (χ1v) is 6.62. The van der Waals surface area contributed by atoms with Crippen molar-refractivity contribution >= 4 is 5.69 Å². The van der Waals surface area contributed by atoms with Gasteiger partial charge >= 0.3 is 0 Å². The minimum absolute atomic E-state index is 0.648. The lowest BCUT2D eigenvalue weighted by molar-refractivity contribution is 0.309. The molecule has 0 spiro atoms. The van der Waals surface area contributed by atoms with Gasteiger partial charge in [-0.25, -0.2) is 0 Å². The average Bonchev–Trinajstić information content (AvgIpc) is 2.76. The summed E-state index contributed by atoms with van der Waals surface area (Å²) in [6, 6.07) is 11.1. The van der Waals surface area contributed by atoms with E-state index >= 15 is 0 Å². The molecule has 1 aliphatic carbocycles. The normalized spacial score (nSPS) is 22.5. The van der Waals surface area contributed by atoms with Gasteiger partial charge in [0.05, 0.1) is 18.4 Å². The van der Waals surface area contributed by atoms with Gasteiger partial charge in [-0.15, -0.1) is 0 Å². The number of nitrogens with zero attached hydrogens (tertiary/aromatic N) is 2. The summed E-state index contributed by atoms with van der Waals surface area (Å²) in [5.74, 6) is 0.877. The highest BCUT2D eigenvalue weighted by Gasteiger charge is 2.25. The SMILES string of the molecule is CC1CC(Nc2cnn(Cc3ccccc3)c2)C1. The van der Waals surface area contributed by atoms with Gasteiger partial charge in [0.15, 0.2) is 0 Å². The highest BCUT2D eigenvalue weighted by Crippen LogP contribution is 2.29. The second kappa shape index (κ2) is 4.84. The minimum Gasteiger partial charge on any atom is -0.380 e. The van der Waals surface area contributed by atoms with Crippen LogP contribution in [0.4, 0.5) is 5.69 Å². The first-order valence-electron chi connectivity index (χ1n) is 6.62. The molecular formula is C15H19N3. The third kappa shape index (κ3) is 2.55. The van der Waals surface area contributed by atoms with E-state index in [0.717, 1.165) is 18.2 Å². The van der Waals surface area contributed by atoms with Crippen molar-refractivity contribution in [3.8, 4) is 0 Å². The fourth-order valence-electron chi connectivity index (χ4n) is 2.55. The molecule has 1 aliphatic rings. The molecular weight excluding hydrogens is 222 g/mol. The van der Waals surface area contributed by atoms with E-state index in [9.17, 15) is 0 Å². The Morgan fingerprint density at radius 3 is 2.78 bits per heavy atom. The molecule has 0 bridgehead atoms. The maximum Gasteiger partial charge on any atom is 0.0728 e. The molecule has 2 aromatic rings. The van der Waals surface area contributed by atoms with E-state index in [4.69, 9.17) is 0 Å². The summed E-state index contributed by atoms with van der Waals surface area (Å²) >= 11 is 0. The van der Waals surface area contributed by atoms with Crippen LogP contribution in [-0.2, 0) is 6.54 Å². The average molecular weight is 241 g/mol. The van der Waals surface area contributed by atoms with Gasteiger partial charge in [0, 0.05) is 12.2 Å². The molecule has 0 atom stereocenters. The van der Waals surface area contributed by atoms with E-state index in [-0.39, 0.29) is 0 Å². The summed E-state index contributed by atoms with van der Waals surface area (Å²) in [6.07, 6.45) is 6.58. The lowest BCUT2D eigenvalue weighted by Crippen LogP contribution is -2.33. The Labute approximate surface area is 108 Å². The second-order valence-electron chi connectivity index (χ2n) is 5.33. The maximum absolute atomic E-state index is 4.40. The molecule has 1 aromatic carbocycles. The monoisotopic (exact) mass is 241 g/mol. The Bertz CT molecular complexity index is 497. The molecule has 1 saturated carbocycles. The molecule has 3 rings (SSSR count). The van der Waals surface area contributed by atoms with Crippen LogP contribution in [0.3, 0.4) is 0 Å².